The van der Waals surface area contributed by atoms with Crippen molar-refractivity contribution < 1.29 is 4.79 Å². The Morgan fingerprint density at radius 1 is 1.25 bits per heavy atom. The molecule has 3 heteroatoms. The van der Waals surface area contributed by atoms with E-state index in [0.717, 1.165) is 29.4 Å². The zero-order valence-corrected chi connectivity index (χ0v) is 12.8. The maximum Gasteiger partial charge on any atom is 0.166 e. The predicted octanol–water partition coefficient (Wildman–Crippen LogP) is 3.93. The molecule has 0 aromatic carbocycles. The molecule has 1 aromatic rings. The summed E-state index contributed by atoms with van der Waals surface area (Å²) >= 11 is 0. The van der Waals surface area contributed by atoms with Gasteiger partial charge in [0.1, 0.15) is 5.82 Å². The summed E-state index contributed by atoms with van der Waals surface area (Å²) < 4.78 is 0. The van der Waals surface area contributed by atoms with Crippen molar-refractivity contribution in [1.29, 1.82) is 0 Å². The maximum atomic E-state index is 12.2. The zero-order valence-electron chi connectivity index (χ0n) is 12.8. The first-order valence-electron chi connectivity index (χ1n) is 7.84. The second-order valence-corrected chi connectivity index (χ2v) is 7.50. The Labute approximate surface area is 121 Å². The van der Waals surface area contributed by atoms with Gasteiger partial charge in [0.2, 0.25) is 0 Å². The third-order valence-corrected chi connectivity index (χ3v) is 4.77. The van der Waals surface area contributed by atoms with E-state index < -0.39 is 0 Å². The minimum Gasteiger partial charge on any atom is -0.294 e. The SMILES string of the molecule is CC1CCCC(c2ncc3c(n2)CC(C)(C)CC3=O)C1. The van der Waals surface area contributed by atoms with E-state index >= 15 is 0 Å². The fourth-order valence-corrected chi connectivity index (χ4v) is 3.71. The Balaban J connectivity index is 1.90. The molecule has 0 N–H and O–H groups in total. The molecule has 1 fully saturated rings. The van der Waals surface area contributed by atoms with Gasteiger partial charge in [-0.3, -0.25) is 4.79 Å². The van der Waals surface area contributed by atoms with Gasteiger partial charge in [-0.05, 0) is 30.6 Å². The smallest absolute Gasteiger partial charge is 0.166 e. The molecule has 1 saturated carbocycles. The number of carbonyl (C=O) groups is 1. The van der Waals surface area contributed by atoms with Crippen LogP contribution in [-0.2, 0) is 6.42 Å². The Morgan fingerprint density at radius 2 is 2.05 bits per heavy atom. The van der Waals surface area contributed by atoms with Gasteiger partial charge in [-0.25, -0.2) is 9.97 Å². The summed E-state index contributed by atoms with van der Waals surface area (Å²) in [7, 11) is 0. The summed E-state index contributed by atoms with van der Waals surface area (Å²) in [6.45, 7) is 6.62. The van der Waals surface area contributed by atoms with Gasteiger partial charge in [-0.1, -0.05) is 33.6 Å². The predicted molar refractivity (Wildman–Crippen MR) is 78.8 cm³/mol. The molecule has 108 valence electrons. The van der Waals surface area contributed by atoms with Gasteiger partial charge in [0.15, 0.2) is 5.78 Å². The molecule has 0 spiro atoms. The second-order valence-electron chi connectivity index (χ2n) is 7.50. The molecule has 0 radical (unpaired) electrons. The van der Waals surface area contributed by atoms with E-state index in [9.17, 15) is 4.79 Å². The summed E-state index contributed by atoms with van der Waals surface area (Å²) in [6, 6.07) is 0. The number of Topliss-reactive ketones (excluding diaryl/α,β-unsaturated/α-hetero) is 1. The highest BCUT2D eigenvalue weighted by atomic mass is 16.1. The van der Waals surface area contributed by atoms with Crippen LogP contribution in [0.25, 0.3) is 0 Å². The topological polar surface area (TPSA) is 42.9 Å². The van der Waals surface area contributed by atoms with E-state index in [1.807, 2.05) is 0 Å². The van der Waals surface area contributed by atoms with Gasteiger partial charge in [-0.15, -0.1) is 0 Å². The largest absolute Gasteiger partial charge is 0.294 e. The zero-order chi connectivity index (χ0) is 14.3. The summed E-state index contributed by atoms with van der Waals surface area (Å²) in [5, 5.41) is 0. The van der Waals surface area contributed by atoms with Crippen LogP contribution in [0.4, 0.5) is 0 Å². The van der Waals surface area contributed by atoms with Crippen LogP contribution in [0.1, 0.15) is 80.7 Å². The van der Waals surface area contributed by atoms with Crippen LogP contribution >= 0.6 is 0 Å². The lowest BCUT2D eigenvalue weighted by Gasteiger charge is -2.30. The van der Waals surface area contributed by atoms with Gasteiger partial charge < -0.3 is 0 Å². The van der Waals surface area contributed by atoms with Gasteiger partial charge in [-0.2, -0.15) is 0 Å². The van der Waals surface area contributed by atoms with Crippen molar-refractivity contribution in [3.63, 3.8) is 0 Å². The van der Waals surface area contributed by atoms with Crippen molar-refractivity contribution in [3.8, 4) is 0 Å². The standard InChI is InChI=1S/C17H24N2O/c1-11-5-4-6-12(7-11)16-18-10-13-14(19-16)8-17(2,3)9-15(13)20/h10-12H,4-9H2,1-3H3. The molecule has 0 saturated heterocycles. The van der Waals surface area contributed by atoms with Gasteiger partial charge in [0, 0.05) is 18.5 Å². The summed E-state index contributed by atoms with van der Waals surface area (Å²) in [4.78, 5) is 21.5. The highest BCUT2D eigenvalue weighted by Crippen LogP contribution is 2.37. The Hall–Kier alpha value is -1.25. The van der Waals surface area contributed by atoms with Crippen molar-refractivity contribution in [3.05, 3.63) is 23.3 Å². The lowest BCUT2D eigenvalue weighted by Crippen LogP contribution is -2.29. The molecule has 1 aromatic heterocycles. The maximum absolute atomic E-state index is 12.2. The lowest BCUT2D eigenvalue weighted by atomic mass is 9.76. The Bertz CT molecular complexity index is 536. The normalized spacial score (nSPS) is 29.1. The van der Waals surface area contributed by atoms with E-state index in [4.69, 9.17) is 4.98 Å². The quantitative estimate of drug-likeness (QED) is 0.778. The highest BCUT2D eigenvalue weighted by Gasteiger charge is 2.33. The lowest BCUT2D eigenvalue weighted by molar-refractivity contribution is 0.0909. The van der Waals surface area contributed by atoms with Crippen LogP contribution in [0.5, 0.6) is 0 Å². The molecule has 0 amide bonds. The number of nitrogens with zero attached hydrogens (tertiary/aromatic N) is 2. The van der Waals surface area contributed by atoms with E-state index in [1.165, 1.54) is 25.7 Å². The first kappa shape index (κ1) is 13.7. The van der Waals surface area contributed by atoms with Crippen molar-refractivity contribution in [2.75, 3.05) is 0 Å². The minimum atomic E-state index is 0.0373. The Kier molecular flexibility index (Phi) is 3.39. The molecule has 20 heavy (non-hydrogen) atoms. The van der Waals surface area contributed by atoms with Crippen LogP contribution in [-0.4, -0.2) is 15.8 Å². The number of ketones is 1. The number of rotatable bonds is 1. The Morgan fingerprint density at radius 3 is 2.80 bits per heavy atom. The molecule has 3 rings (SSSR count). The molecule has 1 heterocycles. The van der Waals surface area contributed by atoms with E-state index in [1.54, 1.807) is 6.20 Å². The highest BCUT2D eigenvalue weighted by molar-refractivity contribution is 5.98. The van der Waals surface area contributed by atoms with E-state index in [2.05, 4.69) is 25.8 Å². The molecule has 2 aliphatic carbocycles. The van der Waals surface area contributed by atoms with Crippen molar-refractivity contribution in [1.82, 2.24) is 9.97 Å². The molecular formula is C17H24N2O. The monoisotopic (exact) mass is 272 g/mol. The third-order valence-electron chi connectivity index (χ3n) is 4.77. The van der Waals surface area contributed by atoms with Crippen molar-refractivity contribution >= 4 is 5.78 Å². The molecule has 2 atom stereocenters. The van der Waals surface area contributed by atoms with Crippen LogP contribution in [0, 0.1) is 11.3 Å². The minimum absolute atomic E-state index is 0.0373. The van der Waals surface area contributed by atoms with Gasteiger partial charge in [0.05, 0.1) is 11.3 Å². The average Bonchev–Trinajstić information content (AvgIpc) is 2.36. The van der Waals surface area contributed by atoms with Crippen molar-refractivity contribution in [2.45, 2.75) is 65.2 Å². The summed E-state index contributed by atoms with van der Waals surface area (Å²) in [5.41, 5.74) is 1.78. The van der Waals surface area contributed by atoms with E-state index in [0.29, 0.717) is 12.3 Å². The van der Waals surface area contributed by atoms with Crippen LogP contribution in [0.3, 0.4) is 0 Å². The molecule has 0 bridgehead atoms. The number of carbonyl (C=O) groups excluding carboxylic acids is 1. The number of fused-ring (bicyclic) bond motifs is 1. The van der Waals surface area contributed by atoms with Crippen LogP contribution in [0.2, 0.25) is 0 Å². The summed E-state index contributed by atoms with van der Waals surface area (Å²) in [6.07, 6.45) is 8.28. The van der Waals surface area contributed by atoms with E-state index in [-0.39, 0.29) is 11.2 Å². The van der Waals surface area contributed by atoms with Crippen LogP contribution in [0.15, 0.2) is 6.20 Å². The second kappa shape index (κ2) is 4.94. The molecular weight excluding hydrogens is 248 g/mol. The van der Waals surface area contributed by atoms with Gasteiger partial charge in [0.25, 0.3) is 0 Å². The number of aromatic nitrogens is 2. The number of hydrogen-bond donors (Lipinski definition) is 0. The fraction of sp³-hybridized carbons (Fsp3) is 0.706. The molecule has 0 aliphatic heterocycles. The molecule has 3 nitrogen and oxygen atoms in total. The fourth-order valence-electron chi connectivity index (χ4n) is 3.71. The van der Waals surface area contributed by atoms with Crippen LogP contribution < -0.4 is 0 Å². The first-order valence-corrected chi connectivity index (χ1v) is 7.84. The average molecular weight is 272 g/mol. The molecule has 2 aliphatic rings. The number of hydrogen-bond acceptors (Lipinski definition) is 3. The third kappa shape index (κ3) is 2.63. The first-order chi connectivity index (χ1) is 9.44. The van der Waals surface area contributed by atoms with Crippen molar-refractivity contribution in [2.24, 2.45) is 11.3 Å². The molecule has 2 unspecified atom stereocenters. The van der Waals surface area contributed by atoms with Gasteiger partial charge >= 0.3 is 0 Å². The summed E-state index contributed by atoms with van der Waals surface area (Å²) in [5.74, 6) is 2.44.